The molecule has 10 atom stereocenters. The fraction of sp³-hybridized carbons (Fsp3) is 0.471. The number of phenols is 2. The maximum Gasteiger partial charge on any atom is 0.326 e. The van der Waals surface area contributed by atoms with Gasteiger partial charge < -0.3 is 89.6 Å². The van der Waals surface area contributed by atoms with Crippen LogP contribution >= 0.6 is 0 Å². The van der Waals surface area contributed by atoms with E-state index in [2.05, 4.69) is 47.2 Å². The topological polar surface area (TPSA) is 503 Å². The van der Waals surface area contributed by atoms with Crippen LogP contribution in [0.4, 0.5) is 0 Å². The molecule has 0 radical (unpaired) electrons. The Labute approximate surface area is 463 Å². The number of carbonyl (C=O) groups is 12. The van der Waals surface area contributed by atoms with Crippen molar-refractivity contribution in [1.82, 2.24) is 52.5 Å². The summed E-state index contributed by atoms with van der Waals surface area (Å²) in [6.45, 7) is 7.52. The minimum Gasteiger partial charge on any atom is -0.508 e. The SMILES string of the molecule is CC(C)[C@H](NC(=O)[C@@H](NC(=O)[C@@H](N)Cc1ccc(O)cc1)C(C)C)C(=O)N[C@@H](Cc1cnc[nH]1)C(=O)N[C@H](C(=O)N[C@@H](CC(N)=O)C(=O)N[C@@H](Cc1ccc(O)cc1)C(=O)N[C@@H](CC(=O)O)C(=O)N[C@@H](CCC(=O)O)C(=O)O)[C@@H](C)O. The summed E-state index contributed by atoms with van der Waals surface area (Å²) < 4.78 is 0. The average Bonchev–Trinajstić information content (AvgIpc) is 3.92. The molecule has 1 aromatic heterocycles. The molecule has 81 heavy (non-hydrogen) atoms. The van der Waals surface area contributed by atoms with Crippen molar-refractivity contribution in [2.45, 2.75) is 140 Å². The number of nitrogens with two attached hydrogens (primary N) is 2. The second-order valence-electron chi connectivity index (χ2n) is 19.7. The number of primary amides is 1. The smallest absolute Gasteiger partial charge is 0.326 e. The molecule has 0 spiro atoms. The van der Waals surface area contributed by atoms with E-state index < -0.39 is 175 Å². The van der Waals surface area contributed by atoms with E-state index in [1.807, 2.05) is 5.32 Å². The molecule has 2 aromatic carbocycles. The maximum absolute atomic E-state index is 14.2. The highest BCUT2D eigenvalue weighted by molar-refractivity contribution is 6.00. The lowest BCUT2D eigenvalue weighted by Gasteiger charge is -2.30. The lowest BCUT2D eigenvalue weighted by atomic mass is 9.98. The number of imidazole rings is 1. The van der Waals surface area contributed by atoms with Gasteiger partial charge in [-0.1, -0.05) is 52.0 Å². The molecule has 0 saturated heterocycles. The van der Waals surface area contributed by atoms with Gasteiger partial charge in [0.25, 0.3) is 0 Å². The van der Waals surface area contributed by atoms with E-state index >= 15 is 0 Å². The van der Waals surface area contributed by atoms with Gasteiger partial charge in [0, 0.05) is 31.2 Å². The fourth-order valence-electron chi connectivity index (χ4n) is 7.77. The fourth-order valence-corrected chi connectivity index (χ4v) is 7.77. The van der Waals surface area contributed by atoms with Crippen LogP contribution in [0, 0.1) is 11.8 Å². The monoisotopic (exact) mass is 1140 g/mol. The van der Waals surface area contributed by atoms with Crippen molar-refractivity contribution in [3.8, 4) is 11.5 Å². The molecule has 0 aliphatic heterocycles. The highest BCUT2D eigenvalue weighted by atomic mass is 16.4. The van der Waals surface area contributed by atoms with Crippen molar-refractivity contribution < 1.29 is 88.2 Å². The van der Waals surface area contributed by atoms with Crippen LogP contribution in [0.5, 0.6) is 11.5 Å². The standard InChI is InChI=1S/C51H70N12O18/c1-23(2)40(62-49(78)41(24(3)4)61-43(72)31(52)16-26-6-10-29(65)11-7-26)48(77)59-34(18-28-21-54-22-55-28)47(76)63-42(25(5)64)50(79)60-35(19-37(53)67)45(74)57-33(17-27-8-12-30(66)13-9-27)44(73)58-36(20-39(70)71)46(75)56-32(51(80)81)14-15-38(68)69/h6-13,21-25,31-36,40-42,64-66H,14-20,52H2,1-5H3,(H2,53,67)(H,54,55)(H,56,75)(H,57,74)(H,58,73)(H,59,77)(H,60,79)(H,61,72)(H,62,78)(H,63,76)(H,68,69)(H,70,71)(H,80,81)/t25-,31+,32+,33+,34+,35+,36+,40+,41+,42+/m1/s1. The molecular formula is C51H70N12O18. The molecule has 0 unspecified atom stereocenters. The molecule has 0 fully saturated rings. The molecule has 442 valence electrons. The molecule has 3 aromatic rings. The van der Waals surface area contributed by atoms with E-state index in [1.54, 1.807) is 39.8 Å². The van der Waals surface area contributed by atoms with Crippen molar-refractivity contribution in [3.05, 3.63) is 77.9 Å². The molecule has 0 aliphatic carbocycles. The summed E-state index contributed by atoms with van der Waals surface area (Å²) in [5.74, 6) is -16.1. The number of phenolic OH excluding ortho intramolecular Hbond substituents is 2. The molecule has 3 rings (SSSR count). The third-order valence-electron chi connectivity index (χ3n) is 12.2. The predicted octanol–water partition coefficient (Wildman–Crippen LogP) is -3.95. The van der Waals surface area contributed by atoms with Gasteiger partial charge in [-0.2, -0.15) is 0 Å². The van der Waals surface area contributed by atoms with E-state index in [0.29, 0.717) is 5.56 Å². The number of amides is 9. The molecule has 0 aliphatic rings. The molecule has 1 heterocycles. The van der Waals surface area contributed by atoms with Crippen molar-refractivity contribution in [1.29, 1.82) is 0 Å². The number of aliphatic hydroxyl groups excluding tert-OH is 1. The summed E-state index contributed by atoms with van der Waals surface area (Å²) in [4.78, 5) is 164. The summed E-state index contributed by atoms with van der Waals surface area (Å²) in [6.07, 6.45) is -3.46. The van der Waals surface area contributed by atoms with Crippen molar-refractivity contribution in [2.24, 2.45) is 23.3 Å². The summed E-state index contributed by atoms with van der Waals surface area (Å²) in [6, 6.07) is -3.93. The quantitative estimate of drug-likeness (QED) is 0.0277. The lowest BCUT2D eigenvalue weighted by Crippen LogP contribution is -2.63. The Morgan fingerprint density at radius 2 is 0.914 bits per heavy atom. The zero-order valence-electron chi connectivity index (χ0n) is 44.8. The van der Waals surface area contributed by atoms with E-state index in [-0.39, 0.29) is 35.6 Å². The number of H-pyrrole nitrogens is 1. The number of nitrogens with one attached hydrogen (secondary N) is 9. The van der Waals surface area contributed by atoms with Crippen molar-refractivity contribution >= 4 is 71.1 Å². The van der Waals surface area contributed by atoms with Crippen molar-refractivity contribution in [3.63, 3.8) is 0 Å². The van der Waals surface area contributed by atoms with Crippen LogP contribution in [0.15, 0.2) is 61.1 Å². The highest BCUT2D eigenvalue weighted by Gasteiger charge is 2.38. The Morgan fingerprint density at radius 1 is 0.506 bits per heavy atom. The van der Waals surface area contributed by atoms with Gasteiger partial charge in [0.05, 0.1) is 31.3 Å². The average molecular weight is 1140 g/mol. The number of hydrogen-bond donors (Lipinski definition) is 17. The summed E-state index contributed by atoms with van der Waals surface area (Å²) >= 11 is 0. The maximum atomic E-state index is 14.2. The number of aromatic nitrogens is 2. The molecule has 30 nitrogen and oxygen atoms in total. The Balaban J connectivity index is 1.88. The van der Waals surface area contributed by atoms with Gasteiger partial charge in [0.1, 0.15) is 59.8 Å². The predicted molar refractivity (Wildman–Crippen MR) is 281 cm³/mol. The van der Waals surface area contributed by atoms with Gasteiger partial charge in [0.2, 0.25) is 53.2 Å². The number of benzene rings is 2. The minimum atomic E-state index is -2.04. The number of rotatable bonds is 33. The number of carboxylic acid groups (broad SMARTS) is 3. The number of hydrogen-bond acceptors (Lipinski definition) is 17. The van der Waals surface area contributed by atoms with Gasteiger partial charge in [-0.05, 0) is 67.0 Å². The Kier molecular flexibility index (Phi) is 25.6. The van der Waals surface area contributed by atoms with Crippen LogP contribution in [-0.2, 0) is 76.8 Å². The van der Waals surface area contributed by atoms with E-state index in [4.69, 9.17) is 16.6 Å². The zero-order valence-corrected chi connectivity index (χ0v) is 44.8. The first kappa shape index (κ1) is 66.1. The van der Waals surface area contributed by atoms with Gasteiger partial charge in [-0.3, -0.25) is 52.7 Å². The number of aromatic hydroxyl groups is 2. The van der Waals surface area contributed by atoms with Gasteiger partial charge in [0.15, 0.2) is 0 Å². The molecule has 9 amide bonds. The van der Waals surface area contributed by atoms with E-state index in [9.17, 15) is 83.1 Å². The van der Waals surface area contributed by atoms with Gasteiger partial charge >= 0.3 is 17.9 Å². The molecule has 0 bridgehead atoms. The van der Waals surface area contributed by atoms with Gasteiger partial charge in [-0.15, -0.1) is 0 Å². The summed E-state index contributed by atoms with van der Waals surface area (Å²) in [5, 5.41) is 77.2. The molecule has 0 saturated carbocycles. The molecule has 30 heteroatoms. The number of aliphatic carboxylic acids is 3. The first-order valence-electron chi connectivity index (χ1n) is 25.3. The van der Waals surface area contributed by atoms with Crippen LogP contribution in [0.1, 0.15) is 77.1 Å². The number of aromatic amines is 1. The highest BCUT2D eigenvalue weighted by Crippen LogP contribution is 2.15. The summed E-state index contributed by atoms with van der Waals surface area (Å²) in [7, 11) is 0. The van der Waals surface area contributed by atoms with Crippen molar-refractivity contribution in [2.75, 3.05) is 0 Å². The molecular weight excluding hydrogens is 1070 g/mol. The number of carbonyl (C=O) groups excluding carboxylic acids is 9. The summed E-state index contributed by atoms with van der Waals surface area (Å²) in [5.41, 5.74) is 12.7. The second-order valence-corrected chi connectivity index (χ2v) is 19.7. The third-order valence-corrected chi connectivity index (χ3v) is 12.2. The zero-order chi connectivity index (χ0) is 60.8. The first-order valence-corrected chi connectivity index (χ1v) is 25.3. The Morgan fingerprint density at radius 3 is 1.38 bits per heavy atom. The van der Waals surface area contributed by atoms with E-state index in [1.165, 1.54) is 48.9 Å². The number of carboxylic acids is 3. The normalized spacial score (nSPS) is 14.8. The largest absolute Gasteiger partial charge is 0.508 e. The van der Waals surface area contributed by atoms with Crippen LogP contribution in [0.3, 0.4) is 0 Å². The molecule has 19 N–H and O–H groups in total. The Hall–Kier alpha value is -9.19. The van der Waals surface area contributed by atoms with Crippen LogP contribution in [-0.4, -0.2) is 172 Å². The minimum absolute atomic E-state index is 0.00917. The van der Waals surface area contributed by atoms with Crippen LogP contribution in [0.2, 0.25) is 0 Å². The number of aliphatic hydroxyl groups is 1. The van der Waals surface area contributed by atoms with Crippen LogP contribution in [0.25, 0.3) is 0 Å². The number of nitrogens with zero attached hydrogens (tertiary/aromatic N) is 1. The van der Waals surface area contributed by atoms with Crippen LogP contribution < -0.4 is 54.0 Å². The van der Waals surface area contributed by atoms with E-state index in [0.717, 1.165) is 6.92 Å². The Bertz CT molecular complexity index is 2700. The lowest BCUT2D eigenvalue weighted by molar-refractivity contribution is -0.144. The van der Waals surface area contributed by atoms with Gasteiger partial charge in [-0.25, -0.2) is 9.78 Å². The third kappa shape index (κ3) is 22.2. The second kappa shape index (κ2) is 31.4. The first-order chi connectivity index (χ1) is 37.9.